The third-order valence-electron chi connectivity index (χ3n) is 5.75. The Balaban J connectivity index is 1.64. The van der Waals surface area contributed by atoms with Crippen LogP contribution in [0.1, 0.15) is 90.4 Å². The van der Waals surface area contributed by atoms with E-state index in [1.807, 2.05) is 30.3 Å². The number of rotatable bonds is 27. The Bertz CT molecular complexity index is 497. The molecule has 198 valence electrons. The molecule has 1 aromatic rings. The highest BCUT2D eigenvalue weighted by molar-refractivity contribution is 5.20. The molecule has 1 rings (SSSR count). The van der Waals surface area contributed by atoms with Gasteiger partial charge in [0.2, 0.25) is 0 Å². The highest BCUT2D eigenvalue weighted by Gasteiger charge is 1.96. The van der Waals surface area contributed by atoms with Gasteiger partial charge in [0, 0.05) is 6.61 Å². The van der Waals surface area contributed by atoms with Crippen LogP contribution in [0.4, 0.5) is 0 Å². The molecule has 0 saturated heterocycles. The summed E-state index contributed by atoms with van der Waals surface area (Å²) in [4.78, 5) is 0. The van der Waals surface area contributed by atoms with Crippen molar-refractivity contribution < 1.29 is 23.7 Å². The van der Waals surface area contributed by atoms with E-state index in [0.29, 0.717) is 52.9 Å². The Hall–Kier alpha value is -1.14. The monoisotopic (exact) mass is 480 g/mol. The first-order valence-electron chi connectivity index (χ1n) is 13.9. The van der Waals surface area contributed by atoms with Crippen molar-refractivity contribution in [2.45, 2.75) is 90.4 Å². The summed E-state index contributed by atoms with van der Waals surface area (Å²) in [7, 11) is 0. The van der Waals surface area contributed by atoms with E-state index in [9.17, 15) is 0 Å². The van der Waals surface area contributed by atoms with Gasteiger partial charge in [-0.25, -0.2) is 0 Å². The lowest BCUT2D eigenvalue weighted by molar-refractivity contribution is -0.00487. The molecule has 0 heterocycles. The molecule has 5 nitrogen and oxygen atoms in total. The van der Waals surface area contributed by atoms with Crippen LogP contribution in [0.25, 0.3) is 0 Å². The van der Waals surface area contributed by atoms with Crippen LogP contribution in [0.5, 0.6) is 5.75 Å². The van der Waals surface area contributed by atoms with Gasteiger partial charge >= 0.3 is 0 Å². The van der Waals surface area contributed by atoms with Crippen LogP contribution in [0.2, 0.25) is 0 Å². The Labute approximate surface area is 209 Å². The SMILES string of the molecule is CCCCCCCCCCCCCCCOCCOCCOCCOCCOc1ccccc1. The molecule has 0 unspecified atom stereocenters. The Morgan fingerprint density at radius 2 is 0.794 bits per heavy atom. The first-order chi connectivity index (χ1) is 16.9. The molecule has 0 aliphatic carbocycles. The zero-order chi connectivity index (χ0) is 24.2. The quantitative estimate of drug-likeness (QED) is 0.124. The van der Waals surface area contributed by atoms with Crippen molar-refractivity contribution in [3.63, 3.8) is 0 Å². The van der Waals surface area contributed by atoms with Crippen LogP contribution in [-0.2, 0) is 18.9 Å². The highest BCUT2D eigenvalue weighted by Crippen LogP contribution is 2.12. The minimum Gasteiger partial charge on any atom is -0.491 e. The van der Waals surface area contributed by atoms with Crippen molar-refractivity contribution in [1.82, 2.24) is 0 Å². The van der Waals surface area contributed by atoms with Crippen LogP contribution in [0, 0.1) is 0 Å². The first kappa shape index (κ1) is 30.9. The fourth-order valence-electron chi connectivity index (χ4n) is 3.72. The second kappa shape index (κ2) is 26.5. The van der Waals surface area contributed by atoms with E-state index < -0.39 is 0 Å². The molecule has 0 fully saturated rings. The molecule has 0 bridgehead atoms. The summed E-state index contributed by atoms with van der Waals surface area (Å²) in [5.74, 6) is 0.868. The van der Waals surface area contributed by atoms with E-state index in [1.165, 1.54) is 77.0 Å². The summed E-state index contributed by atoms with van der Waals surface area (Å²) in [6, 6.07) is 9.76. The van der Waals surface area contributed by atoms with Crippen LogP contribution in [0.3, 0.4) is 0 Å². The smallest absolute Gasteiger partial charge is 0.119 e. The zero-order valence-electron chi connectivity index (χ0n) is 22.0. The number of para-hydroxylation sites is 1. The molecule has 0 saturated carbocycles. The fraction of sp³-hybridized carbons (Fsp3) is 0.793. The van der Waals surface area contributed by atoms with Gasteiger partial charge in [-0.05, 0) is 18.6 Å². The maximum Gasteiger partial charge on any atom is 0.119 e. The predicted octanol–water partition coefficient (Wildman–Crippen LogP) is 7.22. The average molecular weight is 481 g/mol. The molecule has 0 radical (unpaired) electrons. The van der Waals surface area contributed by atoms with Crippen LogP contribution in [0.15, 0.2) is 30.3 Å². The Kier molecular flexibility index (Phi) is 24.0. The van der Waals surface area contributed by atoms with E-state index in [-0.39, 0.29) is 0 Å². The molecule has 0 aliphatic rings. The first-order valence-corrected chi connectivity index (χ1v) is 13.9. The minimum absolute atomic E-state index is 0.548. The second-order valence-electron chi connectivity index (χ2n) is 8.85. The van der Waals surface area contributed by atoms with E-state index in [0.717, 1.165) is 18.8 Å². The number of hydrogen-bond acceptors (Lipinski definition) is 5. The summed E-state index contributed by atoms with van der Waals surface area (Å²) in [5.41, 5.74) is 0. The van der Waals surface area contributed by atoms with Gasteiger partial charge in [-0.3, -0.25) is 0 Å². The molecule has 0 atom stereocenters. The van der Waals surface area contributed by atoms with Crippen LogP contribution in [-0.4, -0.2) is 59.5 Å². The highest BCUT2D eigenvalue weighted by atomic mass is 16.6. The van der Waals surface area contributed by atoms with Gasteiger partial charge < -0.3 is 23.7 Å². The molecule has 0 N–H and O–H groups in total. The van der Waals surface area contributed by atoms with Crippen molar-refractivity contribution in [2.75, 3.05) is 59.5 Å². The van der Waals surface area contributed by atoms with Crippen molar-refractivity contribution in [3.05, 3.63) is 30.3 Å². The van der Waals surface area contributed by atoms with Gasteiger partial charge in [-0.1, -0.05) is 102 Å². The summed E-state index contributed by atoms with van der Waals surface area (Å²) in [6.07, 6.45) is 17.9. The van der Waals surface area contributed by atoms with Crippen LogP contribution < -0.4 is 4.74 Å². The molecule has 5 heteroatoms. The zero-order valence-corrected chi connectivity index (χ0v) is 22.0. The van der Waals surface area contributed by atoms with E-state index in [1.54, 1.807) is 0 Å². The number of unbranched alkanes of at least 4 members (excludes halogenated alkanes) is 12. The van der Waals surface area contributed by atoms with E-state index >= 15 is 0 Å². The average Bonchev–Trinajstić information content (AvgIpc) is 2.87. The molecule has 0 amide bonds. The maximum absolute atomic E-state index is 5.65. The van der Waals surface area contributed by atoms with Crippen molar-refractivity contribution in [1.29, 1.82) is 0 Å². The lowest BCUT2D eigenvalue weighted by Crippen LogP contribution is -2.13. The number of hydrogen-bond donors (Lipinski definition) is 0. The topological polar surface area (TPSA) is 46.2 Å². The van der Waals surface area contributed by atoms with Crippen LogP contribution >= 0.6 is 0 Å². The molecule has 0 spiro atoms. The summed E-state index contributed by atoms with van der Waals surface area (Å²) in [6.45, 7) is 7.87. The normalized spacial score (nSPS) is 11.2. The largest absolute Gasteiger partial charge is 0.491 e. The lowest BCUT2D eigenvalue weighted by atomic mass is 10.0. The summed E-state index contributed by atoms with van der Waals surface area (Å²) >= 11 is 0. The van der Waals surface area contributed by atoms with Crippen molar-refractivity contribution in [2.24, 2.45) is 0 Å². The number of benzene rings is 1. The van der Waals surface area contributed by atoms with Crippen molar-refractivity contribution >= 4 is 0 Å². The molecule has 1 aromatic carbocycles. The molecule has 0 aliphatic heterocycles. The molecular formula is C29H52O5. The van der Waals surface area contributed by atoms with E-state index in [2.05, 4.69) is 6.92 Å². The minimum atomic E-state index is 0.548. The molecular weight excluding hydrogens is 428 g/mol. The standard InChI is InChI=1S/C29H52O5/c1-2-3-4-5-6-7-8-9-10-11-12-13-17-20-30-21-22-31-23-24-32-25-26-33-27-28-34-29-18-15-14-16-19-29/h14-16,18-19H,2-13,17,20-28H2,1H3. The third kappa shape index (κ3) is 22.6. The van der Waals surface area contributed by atoms with Gasteiger partial charge in [0.25, 0.3) is 0 Å². The second-order valence-corrected chi connectivity index (χ2v) is 8.85. The molecule has 34 heavy (non-hydrogen) atoms. The van der Waals surface area contributed by atoms with Gasteiger partial charge in [-0.2, -0.15) is 0 Å². The van der Waals surface area contributed by atoms with Gasteiger partial charge in [0.15, 0.2) is 0 Å². The van der Waals surface area contributed by atoms with Crippen molar-refractivity contribution in [3.8, 4) is 5.75 Å². The third-order valence-corrected chi connectivity index (χ3v) is 5.75. The van der Waals surface area contributed by atoms with Gasteiger partial charge in [-0.15, -0.1) is 0 Å². The lowest BCUT2D eigenvalue weighted by Gasteiger charge is -2.08. The maximum atomic E-state index is 5.65. The molecule has 0 aromatic heterocycles. The predicted molar refractivity (Wildman–Crippen MR) is 141 cm³/mol. The van der Waals surface area contributed by atoms with Gasteiger partial charge in [0.05, 0.1) is 46.2 Å². The van der Waals surface area contributed by atoms with E-state index in [4.69, 9.17) is 23.7 Å². The summed E-state index contributed by atoms with van der Waals surface area (Å²) < 4.78 is 27.7. The fourth-order valence-corrected chi connectivity index (χ4v) is 3.72. The Morgan fingerprint density at radius 3 is 1.26 bits per heavy atom. The summed E-state index contributed by atoms with van der Waals surface area (Å²) in [5, 5.41) is 0. The Morgan fingerprint density at radius 1 is 0.412 bits per heavy atom. The van der Waals surface area contributed by atoms with Gasteiger partial charge in [0.1, 0.15) is 12.4 Å². The number of ether oxygens (including phenoxy) is 5.